The zero-order valence-corrected chi connectivity index (χ0v) is 30.8. The lowest BCUT2D eigenvalue weighted by Gasteiger charge is -2.58. The number of allylic oxidation sites excluding steroid dienone is 1. The Kier molecular flexibility index (Phi) is 14.9. The Bertz CT molecular complexity index is 954. The van der Waals surface area contributed by atoms with E-state index in [1.165, 1.54) is 64.2 Å². The molecular formula is C40H74N4O2. The van der Waals surface area contributed by atoms with Gasteiger partial charge in [0.25, 0.3) is 0 Å². The molecule has 6 nitrogen and oxygen atoms in total. The second-order valence-corrected chi connectivity index (χ2v) is 16.8. The van der Waals surface area contributed by atoms with Crippen LogP contribution in [0, 0.1) is 46.3 Å². The van der Waals surface area contributed by atoms with Crippen molar-refractivity contribution in [2.45, 2.75) is 143 Å². The molecule has 0 amide bonds. The Morgan fingerprint density at radius 1 is 0.978 bits per heavy atom. The van der Waals surface area contributed by atoms with E-state index in [2.05, 4.69) is 50.9 Å². The summed E-state index contributed by atoms with van der Waals surface area (Å²) in [6.07, 6.45) is 22.5. The Morgan fingerprint density at radius 2 is 1.74 bits per heavy atom. The topological polar surface area (TPSA) is 93.6 Å². The highest BCUT2D eigenvalue weighted by Gasteiger charge is 2.58. The first-order valence-corrected chi connectivity index (χ1v) is 19.9. The van der Waals surface area contributed by atoms with Crippen molar-refractivity contribution in [3.05, 3.63) is 11.6 Å². The summed E-state index contributed by atoms with van der Waals surface area (Å²) >= 11 is 0. The van der Waals surface area contributed by atoms with Gasteiger partial charge in [-0.25, -0.2) is 0 Å². The van der Waals surface area contributed by atoms with Crippen molar-refractivity contribution in [3.8, 4) is 0 Å². The number of rotatable bonds is 20. The van der Waals surface area contributed by atoms with Crippen molar-refractivity contribution < 1.29 is 9.53 Å². The first-order valence-electron chi connectivity index (χ1n) is 19.9. The number of carbonyl (C=O) groups is 1. The molecule has 0 heterocycles. The Balaban J connectivity index is 1.27. The molecule has 4 aliphatic rings. The van der Waals surface area contributed by atoms with E-state index in [-0.39, 0.29) is 12.1 Å². The maximum absolute atomic E-state index is 13.2. The number of ether oxygens (including phenoxy) is 1. The summed E-state index contributed by atoms with van der Waals surface area (Å²) in [4.78, 5) is 15.4. The second-order valence-electron chi connectivity index (χ2n) is 16.8. The predicted octanol–water partition coefficient (Wildman–Crippen LogP) is 7.70. The molecule has 8 atom stereocenters. The van der Waals surface area contributed by atoms with Crippen molar-refractivity contribution in [2.24, 2.45) is 57.8 Å². The van der Waals surface area contributed by atoms with Gasteiger partial charge in [0.15, 0.2) is 0 Å². The van der Waals surface area contributed by atoms with Crippen LogP contribution in [-0.4, -0.2) is 62.8 Å². The lowest BCUT2D eigenvalue weighted by molar-refractivity contribution is -0.152. The molecule has 8 unspecified atom stereocenters. The van der Waals surface area contributed by atoms with Crippen LogP contribution in [0.4, 0.5) is 0 Å². The molecule has 0 radical (unpaired) electrons. The maximum Gasteiger partial charge on any atom is 0.320 e. The second kappa shape index (κ2) is 18.2. The van der Waals surface area contributed by atoms with E-state index < -0.39 is 0 Å². The predicted molar refractivity (Wildman–Crippen MR) is 193 cm³/mol. The highest BCUT2D eigenvalue weighted by atomic mass is 16.5. The highest BCUT2D eigenvalue weighted by Crippen LogP contribution is 2.66. The SMILES string of the molecule is CCC(CCCC1CCC2C3CC=C4CC(OC(=O)CN(CCCN)CCCCNCCCN)CCC4(C)C3CCC12C)C(C)C. The van der Waals surface area contributed by atoms with Gasteiger partial charge in [0, 0.05) is 6.42 Å². The summed E-state index contributed by atoms with van der Waals surface area (Å²) in [5.41, 5.74) is 13.9. The van der Waals surface area contributed by atoms with Crippen molar-refractivity contribution in [2.75, 3.05) is 45.8 Å². The van der Waals surface area contributed by atoms with E-state index in [0.29, 0.717) is 23.9 Å². The van der Waals surface area contributed by atoms with Gasteiger partial charge in [-0.05, 0) is 163 Å². The van der Waals surface area contributed by atoms with E-state index in [1.54, 1.807) is 5.57 Å². The molecule has 0 saturated heterocycles. The first-order chi connectivity index (χ1) is 22.2. The minimum atomic E-state index is -0.0509. The van der Waals surface area contributed by atoms with Gasteiger partial charge in [0.2, 0.25) is 0 Å². The van der Waals surface area contributed by atoms with Crippen LogP contribution < -0.4 is 16.8 Å². The summed E-state index contributed by atoms with van der Waals surface area (Å²) < 4.78 is 6.20. The van der Waals surface area contributed by atoms with E-state index in [4.69, 9.17) is 16.2 Å². The Hall–Kier alpha value is -0.950. The smallest absolute Gasteiger partial charge is 0.320 e. The number of hydrogen-bond donors (Lipinski definition) is 3. The van der Waals surface area contributed by atoms with Crippen molar-refractivity contribution in [3.63, 3.8) is 0 Å². The number of nitrogens with one attached hydrogen (secondary N) is 1. The number of carbonyl (C=O) groups excluding carboxylic acids is 1. The molecule has 4 rings (SSSR count). The van der Waals surface area contributed by atoms with Crippen molar-refractivity contribution in [1.29, 1.82) is 0 Å². The molecule has 0 aliphatic heterocycles. The average Bonchev–Trinajstić information content (AvgIpc) is 3.37. The Labute approximate surface area is 284 Å². The van der Waals surface area contributed by atoms with Gasteiger partial charge >= 0.3 is 5.97 Å². The summed E-state index contributed by atoms with van der Waals surface area (Å²) in [7, 11) is 0. The van der Waals surface area contributed by atoms with Gasteiger partial charge in [-0.1, -0.05) is 65.5 Å². The van der Waals surface area contributed by atoms with Gasteiger partial charge in [-0.2, -0.15) is 0 Å². The Morgan fingerprint density at radius 3 is 2.48 bits per heavy atom. The molecule has 3 fully saturated rings. The van der Waals surface area contributed by atoms with Crippen LogP contribution in [0.15, 0.2) is 11.6 Å². The lowest BCUT2D eigenvalue weighted by Crippen LogP contribution is -2.50. The molecule has 46 heavy (non-hydrogen) atoms. The maximum atomic E-state index is 13.2. The summed E-state index contributed by atoms with van der Waals surface area (Å²) in [6.45, 7) is 18.0. The standard InChI is InChI=1S/C40H74N4O2/c1-6-31(30(2)3)12-9-13-32-15-17-36-35-16-14-33-28-34(18-20-40(33,5)37(35)19-21-39(32,36)4)46-38(45)29-44(27-11-23-42)26-8-7-24-43-25-10-22-41/h14,30-32,34-37,43H,6-13,15-29,41-42H2,1-5H3. The monoisotopic (exact) mass is 643 g/mol. The average molecular weight is 643 g/mol. The molecule has 4 aliphatic carbocycles. The number of hydrogen-bond acceptors (Lipinski definition) is 6. The molecule has 5 N–H and O–H groups in total. The minimum absolute atomic E-state index is 0.0361. The summed E-state index contributed by atoms with van der Waals surface area (Å²) in [6, 6.07) is 0. The van der Waals surface area contributed by atoms with Crippen LogP contribution in [0.1, 0.15) is 137 Å². The first kappa shape index (κ1) is 37.9. The largest absolute Gasteiger partial charge is 0.461 e. The molecular weight excluding hydrogens is 568 g/mol. The van der Waals surface area contributed by atoms with E-state index in [9.17, 15) is 4.79 Å². The molecule has 0 aromatic carbocycles. The molecule has 0 spiro atoms. The highest BCUT2D eigenvalue weighted by molar-refractivity contribution is 5.72. The van der Waals surface area contributed by atoms with Crippen LogP contribution in [0.3, 0.4) is 0 Å². The van der Waals surface area contributed by atoms with Crippen LogP contribution >= 0.6 is 0 Å². The number of nitrogens with zero attached hydrogens (tertiary/aromatic N) is 1. The number of nitrogens with two attached hydrogens (primary N) is 2. The fourth-order valence-electron chi connectivity index (χ4n) is 10.9. The van der Waals surface area contributed by atoms with Crippen LogP contribution in [0.2, 0.25) is 0 Å². The van der Waals surface area contributed by atoms with Gasteiger partial charge in [0.05, 0.1) is 6.54 Å². The molecule has 3 saturated carbocycles. The number of fused-ring (bicyclic) bond motifs is 5. The van der Waals surface area contributed by atoms with Crippen LogP contribution in [0.25, 0.3) is 0 Å². The van der Waals surface area contributed by atoms with Gasteiger partial charge < -0.3 is 21.5 Å². The third kappa shape index (κ3) is 9.39. The van der Waals surface area contributed by atoms with Crippen molar-refractivity contribution in [1.82, 2.24) is 10.2 Å². The fraction of sp³-hybridized carbons (Fsp3) is 0.925. The molecule has 0 aromatic heterocycles. The fourth-order valence-corrected chi connectivity index (χ4v) is 10.9. The lowest BCUT2D eigenvalue weighted by atomic mass is 9.47. The number of esters is 1. The van der Waals surface area contributed by atoms with Gasteiger partial charge in [0.1, 0.15) is 6.10 Å². The quantitative estimate of drug-likeness (QED) is 0.0716. The van der Waals surface area contributed by atoms with Crippen LogP contribution in [-0.2, 0) is 9.53 Å². The van der Waals surface area contributed by atoms with Crippen molar-refractivity contribution >= 4 is 5.97 Å². The molecule has 0 aromatic rings. The van der Waals surface area contributed by atoms with Gasteiger partial charge in [-0.3, -0.25) is 9.69 Å². The summed E-state index contributed by atoms with van der Waals surface area (Å²) in [5, 5.41) is 3.46. The zero-order chi connectivity index (χ0) is 33.2. The molecule has 266 valence electrons. The van der Waals surface area contributed by atoms with E-state index in [1.807, 2.05) is 0 Å². The third-order valence-electron chi connectivity index (χ3n) is 13.8. The zero-order valence-electron chi connectivity index (χ0n) is 30.8. The van der Waals surface area contributed by atoms with Crippen LogP contribution in [0.5, 0.6) is 0 Å². The molecule has 6 heteroatoms. The minimum Gasteiger partial charge on any atom is -0.461 e. The third-order valence-corrected chi connectivity index (χ3v) is 13.8. The molecule has 0 bridgehead atoms. The normalized spacial score (nSPS) is 33.0. The summed E-state index contributed by atoms with van der Waals surface area (Å²) in [5.74, 6) is 5.15. The van der Waals surface area contributed by atoms with Gasteiger partial charge in [-0.15, -0.1) is 0 Å². The number of unbranched alkanes of at least 4 members (excludes halogenated alkanes) is 1. The van der Waals surface area contributed by atoms with E-state index >= 15 is 0 Å². The van der Waals surface area contributed by atoms with E-state index in [0.717, 1.165) is 107 Å².